The average Bonchev–Trinajstić information content (AvgIpc) is 3.34. The number of nitrogens with zero attached hydrogens (tertiary/aromatic N) is 4. The number of fused-ring (bicyclic) bond motifs is 2. The van der Waals surface area contributed by atoms with E-state index in [4.69, 9.17) is 4.98 Å². The molecule has 1 unspecified atom stereocenters. The second kappa shape index (κ2) is 8.19. The van der Waals surface area contributed by atoms with Crippen molar-refractivity contribution in [3.8, 4) is 5.69 Å². The van der Waals surface area contributed by atoms with Crippen LogP contribution in [0.2, 0.25) is 0 Å². The molecule has 33 heavy (non-hydrogen) atoms. The van der Waals surface area contributed by atoms with Gasteiger partial charge in [-0.05, 0) is 74.2 Å². The summed E-state index contributed by atoms with van der Waals surface area (Å²) in [5, 5.41) is 8.51. The lowest BCUT2D eigenvalue weighted by Crippen LogP contribution is -2.27. The van der Waals surface area contributed by atoms with Crippen LogP contribution in [-0.2, 0) is 4.79 Å². The van der Waals surface area contributed by atoms with Crippen LogP contribution in [-0.4, -0.2) is 31.0 Å². The van der Waals surface area contributed by atoms with Crippen molar-refractivity contribution in [1.29, 1.82) is 0 Å². The zero-order chi connectivity index (χ0) is 23.3. The predicted octanol–water partition coefficient (Wildman–Crippen LogP) is 4.49. The van der Waals surface area contributed by atoms with E-state index >= 15 is 0 Å². The van der Waals surface area contributed by atoms with Crippen LogP contribution in [0.4, 0.5) is 5.69 Å². The van der Waals surface area contributed by atoms with Gasteiger partial charge in [-0.3, -0.25) is 14.2 Å². The van der Waals surface area contributed by atoms with Crippen LogP contribution in [0.5, 0.6) is 0 Å². The van der Waals surface area contributed by atoms with Gasteiger partial charge in [-0.1, -0.05) is 23.9 Å². The minimum atomic E-state index is -0.245. The molecule has 2 aromatic carbocycles. The van der Waals surface area contributed by atoms with Crippen LogP contribution >= 0.6 is 11.8 Å². The van der Waals surface area contributed by atoms with E-state index in [0.29, 0.717) is 21.9 Å². The van der Waals surface area contributed by atoms with Crippen molar-refractivity contribution in [3.05, 3.63) is 75.2 Å². The van der Waals surface area contributed by atoms with Gasteiger partial charge in [0.05, 0.1) is 17.9 Å². The second-order valence-corrected chi connectivity index (χ2v) is 9.71. The molecule has 5 rings (SSSR count). The van der Waals surface area contributed by atoms with Gasteiger partial charge in [0.2, 0.25) is 5.91 Å². The minimum Gasteiger partial charge on any atom is -0.326 e. The van der Waals surface area contributed by atoms with Crippen LogP contribution in [0.3, 0.4) is 0 Å². The van der Waals surface area contributed by atoms with Crippen molar-refractivity contribution in [3.63, 3.8) is 0 Å². The molecule has 1 N–H and O–H groups in total. The number of benzene rings is 2. The highest BCUT2D eigenvalue weighted by Gasteiger charge is 2.29. The van der Waals surface area contributed by atoms with Gasteiger partial charge in [0.15, 0.2) is 10.8 Å². The Morgan fingerprint density at radius 1 is 1.09 bits per heavy atom. The summed E-state index contributed by atoms with van der Waals surface area (Å²) < 4.78 is 3.37. The summed E-state index contributed by atoms with van der Waals surface area (Å²) in [5.74, 6) is 0.517. The monoisotopic (exact) mass is 459 g/mol. The molecule has 1 aliphatic heterocycles. The average molecular weight is 460 g/mol. The van der Waals surface area contributed by atoms with E-state index < -0.39 is 0 Å². The maximum absolute atomic E-state index is 13.4. The van der Waals surface area contributed by atoms with Crippen LogP contribution in [0.15, 0.2) is 52.5 Å². The number of thioether (sulfide) groups is 1. The summed E-state index contributed by atoms with van der Waals surface area (Å²) in [6.07, 6.45) is 1.79. The molecule has 3 heterocycles. The molecule has 4 aromatic rings. The van der Waals surface area contributed by atoms with E-state index in [1.807, 2.05) is 51.1 Å². The Morgan fingerprint density at radius 3 is 2.58 bits per heavy atom. The Balaban J connectivity index is 1.45. The third-order valence-corrected chi connectivity index (χ3v) is 7.13. The Hall–Kier alpha value is -3.39. The normalized spacial score (nSPS) is 15.1. The SMILES string of the molecule is Cc1cc(C)cc(NC(=O)CC2CSc3nc4c(cnn4-c4ccc(C)c(C)c4)c(=O)n32)c1. The number of anilines is 1. The number of hydrogen-bond donors (Lipinski definition) is 1. The molecule has 0 bridgehead atoms. The lowest BCUT2D eigenvalue weighted by Gasteiger charge is -2.14. The molecular weight excluding hydrogens is 434 g/mol. The van der Waals surface area contributed by atoms with Crippen molar-refractivity contribution >= 4 is 34.4 Å². The fourth-order valence-electron chi connectivity index (χ4n) is 4.30. The molecule has 1 aliphatic rings. The van der Waals surface area contributed by atoms with E-state index in [2.05, 4.69) is 23.4 Å². The number of hydrogen-bond acceptors (Lipinski definition) is 5. The number of aryl methyl sites for hydroxylation is 4. The standard InChI is InChI=1S/C25H25N5O2S/c1-14-7-15(2)9-18(8-14)27-22(31)11-20-13-33-25-28-23-21(24(32)29(20)25)12-26-30(23)19-6-5-16(3)17(4)10-19/h5-10,12,20H,11,13H2,1-4H3,(H,27,31). The fraction of sp³-hybridized carbons (Fsp3) is 0.280. The summed E-state index contributed by atoms with van der Waals surface area (Å²) in [7, 11) is 0. The van der Waals surface area contributed by atoms with Crippen molar-refractivity contribution in [1.82, 2.24) is 19.3 Å². The molecule has 2 aromatic heterocycles. The largest absolute Gasteiger partial charge is 0.326 e. The Morgan fingerprint density at radius 2 is 1.85 bits per heavy atom. The van der Waals surface area contributed by atoms with Gasteiger partial charge in [-0.25, -0.2) is 9.67 Å². The molecule has 1 amide bonds. The number of aromatic nitrogens is 4. The molecule has 0 fully saturated rings. The summed E-state index contributed by atoms with van der Waals surface area (Å²) in [6.45, 7) is 8.11. The van der Waals surface area contributed by atoms with E-state index in [1.165, 1.54) is 17.3 Å². The number of rotatable bonds is 4. The fourth-order valence-corrected chi connectivity index (χ4v) is 5.43. The van der Waals surface area contributed by atoms with Gasteiger partial charge in [-0.2, -0.15) is 5.10 Å². The topological polar surface area (TPSA) is 81.8 Å². The van der Waals surface area contributed by atoms with E-state index in [0.717, 1.165) is 28.1 Å². The summed E-state index contributed by atoms with van der Waals surface area (Å²) >= 11 is 1.50. The van der Waals surface area contributed by atoms with Crippen LogP contribution in [0.25, 0.3) is 16.7 Å². The van der Waals surface area contributed by atoms with Gasteiger partial charge in [0.1, 0.15) is 5.39 Å². The molecule has 0 saturated carbocycles. The Kier molecular flexibility index (Phi) is 5.32. The Labute approximate surface area is 195 Å². The zero-order valence-electron chi connectivity index (χ0n) is 19.0. The molecule has 0 saturated heterocycles. The predicted molar refractivity (Wildman–Crippen MR) is 132 cm³/mol. The van der Waals surface area contributed by atoms with Gasteiger partial charge < -0.3 is 5.32 Å². The molecular formula is C25H25N5O2S. The quantitative estimate of drug-likeness (QED) is 0.455. The molecule has 168 valence electrons. The van der Waals surface area contributed by atoms with E-state index in [-0.39, 0.29) is 23.9 Å². The summed E-state index contributed by atoms with van der Waals surface area (Å²) in [4.78, 5) is 30.9. The number of amides is 1. The maximum atomic E-state index is 13.4. The first-order valence-corrected chi connectivity index (χ1v) is 11.9. The second-order valence-electron chi connectivity index (χ2n) is 8.73. The van der Waals surface area contributed by atoms with Gasteiger partial charge in [0.25, 0.3) is 5.56 Å². The van der Waals surface area contributed by atoms with Crippen molar-refractivity contribution < 1.29 is 4.79 Å². The van der Waals surface area contributed by atoms with Crippen molar-refractivity contribution in [2.45, 2.75) is 45.3 Å². The molecule has 0 aliphatic carbocycles. The molecule has 7 nitrogen and oxygen atoms in total. The highest BCUT2D eigenvalue weighted by Crippen LogP contribution is 2.33. The molecule has 0 radical (unpaired) electrons. The first-order chi connectivity index (χ1) is 15.8. The molecule has 1 atom stereocenters. The highest BCUT2D eigenvalue weighted by atomic mass is 32.2. The molecule has 8 heteroatoms. The highest BCUT2D eigenvalue weighted by molar-refractivity contribution is 7.99. The first-order valence-electron chi connectivity index (χ1n) is 10.9. The smallest absolute Gasteiger partial charge is 0.265 e. The summed E-state index contributed by atoms with van der Waals surface area (Å²) in [5.41, 5.74) is 6.57. The van der Waals surface area contributed by atoms with E-state index in [1.54, 1.807) is 15.4 Å². The number of carbonyl (C=O) groups is 1. The van der Waals surface area contributed by atoms with Crippen LogP contribution in [0.1, 0.15) is 34.7 Å². The third kappa shape index (κ3) is 3.95. The number of nitrogens with one attached hydrogen (secondary N) is 1. The zero-order valence-corrected chi connectivity index (χ0v) is 19.9. The third-order valence-electron chi connectivity index (χ3n) is 6.03. The van der Waals surface area contributed by atoms with Crippen LogP contribution < -0.4 is 10.9 Å². The Bertz CT molecular complexity index is 1450. The number of carbonyl (C=O) groups excluding carboxylic acids is 1. The maximum Gasteiger partial charge on any atom is 0.265 e. The van der Waals surface area contributed by atoms with Crippen molar-refractivity contribution in [2.75, 3.05) is 11.1 Å². The van der Waals surface area contributed by atoms with Gasteiger partial charge >= 0.3 is 0 Å². The lowest BCUT2D eigenvalue weighted by molar-refractivity contribution is -0.116. The first kappa shape index (κ1) is 21.5. The minimum absolute atomic E-state index is 0.115. The van der Waals surface area contributed by atoms with Crippen molar-refractivity contribution in [2.24, 2.45) is 0 Å². The van der Waals surface area contributed by atoms with Gasteiger partial charge in [-0.15, -0.1) is 0 Å². The van der Waals surface area contributed by atoms with Crippen LogP contribution in [0, 0.1) is 27.7 Å². The molecule has 0 spiro atoms. The lowest BCUT2D eigenvalue weighted by atomic mass is 10.1. The van der Waals surface area contributed by atoms with Gasteiger partial charge in [0, 0.05) is 17.9 Å². The summed E-state index contributed by atoms with van der Waals surface area (Å²) in [6, 6.07) is 11.8. The van der Waals surface area contributed by atoms with E-state index in [9.17, 15) is 9.59 Å².